The number of hydrogen-bond donors (Lipinski definition) is 3. The molecule has 108 valence electrons. The van der Waals surface area contributed by atoms with Crippen LogP contribution in [-0.2, 0) is 13.0 Å². The van der Waals surface area contributed by atoms with E-state index >= 15 is 0 Å². The van der Waals surface area contributed by atoms with E-state index in [9.17, 15) is 9.59 Å². The fraction of sp³-hybridized carbons (Fsp3) is 0.462. The lowest BCUT2D eigenvalue weighted by Crippen LogP contribution is -2.43. The Labute approximate surface area is 116 Å². The second-order valence-corrected chi connectivity index (χ2v) is 4.65. The summed E-state index contributed by atoms with van der Waals surface area (Å²) in [5.41, 5.74) is 3.46. The average molecular weight is 278 g/mol. The Morgan fingerprint density at radius 1 is 1.45 bits per heavy atom. The molecule has 20 heavy (non-hydrogen) atoms. The maximum atomic E-state index is 11.9. The smallest absolute Gasteiger partial charge is 0.317 e. The van der Waals surface area contributed by atoms with Gasteiger partial charge < -0.3 is 10.2 Å². The highest BCUT2D eigenvalue weighted by Gasteiger charge is 2.22. The summed E-state index contributed by atoms with van der Waals surface area (Å²) in [4.78, 5) is 29.1. The monoisotopic (exact) mass is 278 g/mol. The zero-order chi connectivity index (χ0) is 14.5. The van der Waals surface area contributed by atoms with Crippen molar-refractivity contribution in [2.45, 2.75) is 26.3 Å². The number of pyridine rings is 1. The molecule has 0 spiro atoms. The van der Waals surface area contributed by atoms with Crippen molar-refractivity contribution in [3.05, 3.63) is 29.1 Å². The van der Waals surface area contributed by atoms with Crippen molar-refractivity contribution in [3.63, 3.8) is 0 Å². The standard InChI is InChI=1S/C13H18N4O3/c1-2-6-14-13(19)17-7-5-10-9(8-17)3-4-11(15-10)12(18)16-20/h3-4,20H,2,5-8H2,1H3,(H,14,19)(H,16,18). The van der Waals surface area contributed by atoms with Gasteiger partial charge >= 0.3 is 6.03 Å². The molecule has 1 aliphatic heterocycles. The molecule has 1 aliphatic rings. The number of carbonyl (C=O) groups is 2. The molecule has 1 aromatic heterocycles. The Morgan fingerprint density at radius 3 is 2.95 bits per heavy atom. The molecule has 0 fully saturated rings. The van der Waals surface area contributed by atoms with Gasteiger partial charge in [-0.2, -0.15) is 0 Å². The molecule has 0 bridgehead atoms. The van der Waals surface area contributed by atoms with E-state index in [-0.39, 0.29) is 11.7 Å². The highest BCUT2D eigenvalue weighted by atomic mass is 16.5. The van der Waals surface area contributed by atoms with Crippen LogP contribution < -0.4 is 10.8 Å². The Hall–Kier alpha value is -2.15. The van der Waals surface area contributed by atoms with Crippen molar-refractivity contribution in [2.75, 3.05) is 13.1 Å². The van der Waals surface area contributed by atoms with E-state index in [0.29, 0.717) is 26.1 Å². The van der Waals surface area contributed by atoms with Crippen molar-refractivity contribution < 1.29 is 14.8 Å². The van der Waals surface area contributed by atoms with Crippen molar-refractivity contribution in [1.29, 1.82) is 0 Å². The van der Waals surface area contributed by atoms with E-state index in [1.807, 2.05) is 6.92 Å². The van der Waals surface area contributed by atoms with E-state index in [2.05, 4.69) is 10.3 Å². The van der Waals surface area contributed by atoms with Gasteiger partial charge in [0.05, 0.1) is 0 Å². The first-order valence-corrected chi connectivity index (χ1v) is 6.61. The molecule has 0 aliphatic carbocycles. The van der Waals surface area contributed by atoms with Crippen LogP contribution in [0.5, 0.6) is 0 Å². The predicted octanol–water partition coefficient (Wildman–Crippen LogP) is 0.678. The molecule has 3 amide bonds. The van der Waals surface area contributed by atoms with E-state index in [4.69, 9.17) is 5.21 Å². The van der Waals surface area contributed by atoms with Crippen LogP contribution in [-0.4, -0.2) is 40.1 Å². The van der Waals surface area contributed by atoms with Crippen molar-refractivity contribution in [3.8, 4) is 0 Å². The quantitative estimate of drug-likeness (QED) is 0.559. The van der Waals surface area contributed by atoms with Crippen LogP contribution in [0, 0.1) is 0 Å². The topological polar surface area (TPSA) is 94.6 Å². The summed E-state index contributed by atoms with van der Waals surface area (Å²) in [7, 11) is 0. The first-order valence-electron chi connectivity index (χ1n) is 6.61. The molecule has 0 saturated carbocycles. The van der Waals surface area contributed by atoms with E-state index in [0.717, 1.165) is 17.7 Å². The number of amides is 3. The SMILES string of the molecule is CCCNC(=O)N1CCc2nc(C(=O)NO)ccc2C1. The van der Waals surface area contributed by atoms with Gasteiger partial charge in [0.2, 0.25) is 0 Å². The molecular weight excluding hydrogens is 260 g/mol. The van der Waals surface area contributed by atoms with Crippen LogP contribution in [0.4, 0.5) is 4.79 Å². The minimum absolute atomic E-state index is 0.0744. The highest BCUT2D eigenvalue weighted by molar-refractivity contribution is 5.91. The fourth-order valence-corrected chi connectivity index (χ4v) is 2.12. The fourth-order valence-electron chi connectivity index (χ4n) is 2.12. The predicted molar refractivity (Wildman–Crippen MR) is 71.3 cm³/mol. The maximum Gasteiger partial charge on any atom is 0.317 e. The van der Waals surface area contributed by atoms with Crippen LogP contribution in [0.25, 0.3) is 0 Å². The van der Waals surface area contributed by atoms with Crippen LogP contribution in [0.2, 0.25) is 0 Å². The first kappa shape index (κ1) is 14.3. The van der Waals surface area contributed by atoms with Gasteiger partial charge in [0.1, 0.15) is 5.69 Å². The maximum absolute atomic E-state index is 11.9. The number of nitrogens with one attached hydrogen (secondary N) is 2. The molecule has 0 aromatic carbocycles. The molecule has 0 atom stereocenters. The number of aromatic nitrogens is 1. The zero-order valence-electron chi connectivity index (χ0n) is 11.3. The Kier molecular flexibility index (Phi) is 4.52. The number of nitrogens with zero attached hydrogens (tertiary/aromatic N) is 2. The Morgan fingerprint density at radius 2 is 2.25 bits per heavy atom. The summed E-state index contributed by atoms with van der Waals surface area (Å²) in [6, 6.07) is 3.24. The molecule has 2 heterocycles. The number of rotatable bonds is 3. The summed E-state index contributed by atoms with van der Waals surface area (Å²) in [6.07, 6.45) is 1.50. The zero-order valence-corrected chi connectivity index (χ0v) is 11.3. The van der Waals surface area contributed by atoms with Crippen molar-refractivity contribution >= 4 is 11.9 Å². The molecule has 0 radical (unpaired) electrons. The number of hydrogen-bond acceptors (Lipinski definition) is 4. The van der Waals surface area contributed by atoms with Gasteiger partial charge in [0.15, 0.2) is 0 Å². The summed E-state index contributed by atoms with van der Waals surface area (Å²) in [5, 5.41) is 11.4. The van der Waals surface area contributed by atoms with Gasteiger partial charge in [0.25, 0.3) is 5.91 Å². The normalized spacial score (nSPS) is 13.6. The summed E-state index contributed by atoms with van der Waals surface area (Å²) in [5.74, 6) is -0.629. The highest BCUT2D eigenvalue weighted by Crippen LogP contribution is 2.17. The lowest BCUT2D eigenvalue weighted by molar-refractivity contribution is 0.0700. The van der Waals surface area contributed by atoms with Gasteiger partial charge in [-0.05, 0) is 18.1 Å². The third kappa shape index (κ3) is 3.05. The summed E-state index contributed by atoms with van der Waals surface area (Å²) in [6.45, 7) is 3.72. The molecule has 3 N–H and O–H groups in total. The molecule has 2 rings (SSSR count). The van der Waals surface area contributed by atoms with Gasteiger partial charge in [-0.25, -0.2) is 15.3 Å². The second kappa shape index (κ2) is 6.33. The Balaban J connectivity index is 2.08. The summed E-state index contributed by atoms with van der Waals surface area (Å²) < 4.78 is 0. The molecule has 7 heteroatoms. The lowest BCUT2D eigenvalue weighted by atomic mass is 10.1. The molecule has 0 unspecified atom stereocenters. The third-order valence-electron chi connectivity index (χ3n) is 3.20. The Bertz CT molecular complexity index is 518. The average Bonchev–Trinajstić information content (AvgIpc) is 2.50. The van der Waals surface area contributed by atoms with Gasteiger partial charge in [-0.3, -0.25) is 10.0 Å². The first-order chi connectivity index (χ1) is 9.65. The third-order valence-corrected chi connectivity index (χ3v) is 3.20. The van der Waals surface area contributed by atoms with Gasteiger partial charge in [-0.15, -0.1) is 0 Å². The van der Waals surface area contributed by atoms with Gasteiger partial charge in [-0.1, -0.05) is 13.0 Å². The lowest BCUT2D eigenvalue weighted by Gasteiger charge is -2.28. The van der Waals surface area contributed by atoms with E-state index in [1.165, 1.54) is 6.07 Å². The minimum atomic E-state index is -0.629. The number of fused-ring (bicyclic) bond motifs is 1. The van der Waals surface area contributed by atoms with Crippen LogP contribution in [0.3, 0.4) is 0 Å². The van der Waals surface area contributed by atoms with E-state index in [1.54, 1.807) is 16.4 Å². The largest absolute Gasteiger partial charge is 0.338 e. The van der Waals surface area contributed by atoms with Crippen LogP contribution in [0.15, 0.2) is 12.1 Å². The summed E-state index contributed by atoms with van der Waals surface area (Å²) >= 11 is 0. The molecule has 7 nitrogen and oxygen atoms in total. The second-order valence-electron chi connectivity index (χ2n) is 4.65. The van der Waals surface area contributed by atoms with Crippen molar-refractivity contribution in [1.82, 2.24) is 20.7 Å². The van der Waals surface area contributed by atoms with Crippen LogP contribution in [0.1, 0.15) is 35.1 Å². The molecule has 1 aromatic rings. The number of carbonyl (C=O) groups excluding carboxylic acids is 2. The molecule has 0 saturated heterocycles. The number of urea groups is 1. The van der Waals surface area contributed by atoms with Crippen LogP contribution >= 0.6 is 0 Å². The number of hydroxylamine groups is 1. The minimum Gasteiger partial charge on any atom is -0.338 e. The van der Waals surface area contributed by atoms with E-state index < -0.39 is 5.91 Å². The molecular formula is C13H18N4O3. The van der Waals surface area contributed by atoms with Gasteiger partial charge in [0, 0.05) is 31.7 Å². The van der Waals surface area contributed by atoms with Crippen molar-refractivity contribution in [2.24, 2.45) is 0 Å².